The Balaban J connectivity index is 0.00000705. The minimum absolute atomic E-state index is 0. The van der Waals surface area contributed by atoms with E-state index in [0.29, 0.717) is 0 Å². The summed E-state index contributed by atoms with van der Waals surface area (Å²) in [6.45, 7) is 25.0. The monoisotopic (exact) mass is 1240 g/mol. The third kappa shape index (κ3) is 10.8. The molecule has 11 aromatic rings. The van der Waals surface area contributed by atoms with Crippen molar-refractivity contribution in [1.82, 2.24) is 9.55 Å². The topological polar surface area (TPSA) is 24.3 Å². The van der Waals surface area contributed by atoms with Gasteiger partial charge in [0.25, 0.3) is 0 Å². The second kappa shape index (κ2) is 22.1. The van der Waals surface area contributed by atoms with Crippen LogP contribution in [0.4, 0.5) is 11.4 Å². The molecule has 0 atom stereocenters. The average Bonchev–Trinajstić information content (AvgIpc) is 3.85. The fourth-order valence-electron chi connectivity index (χ4n) is 11.7. The first kappa shape index (κ1) is 55.9. The van der Waals surface area contributed by atoms with Gasteiger partial charge >= 0.3 is 0 Å². The molecule has 0 spiro atoms. The maximum absolute atomic E-state index is 5.10. The smallest absolute Gasteiger partial charge is 0.191 e. The number of hydrogen-bond acceptors (Lipinski definition) is 3. The van der Waals surface area contributed by atoms with Gasteiger partial charge in [-0.05, 0) is 109 Å². The largest absolute Gasteiger partial charge is 0.500 e. The maximum atomic E-state index is 5.10. The minimum atomic E-state index is -0.264. The second-order valence-corrected chi connectivity index (χ2v) is 25.1. The summed E-state index contributed by atoms with van der Waals surface area (Å²) in [4.78, 5) is 9.60. The van der Waals surface area contributed by atoms with Crippen LogP contribution in [0, 0.1) is 18.8 Å². The number of hydrogen-bond donors (Lipinski definition) is 0. The molecule has 0 aliphatic carbocycles. The number of rotatable bonds is 12. The number of pyridine rings is 1. The van der Waals surface area contributed by atoms with Gasteiger partial charge in [0.1, 0.15) is 5.82 Å². The molecule has 0 bridgehead atoms. The molecule has 2 aromatic heterocycles. The molecule has 410 valence electrons. The van der Waals surface area contributed by atoms with Gasteiger partial charge < -0.3 is 14.4 Å². The van der Waals surface area contributed by atoms with Gasteiger partial charge in [-0.25, -0.2) is 4.98 Å². The summed E-state index contributed by atoms with van der Waals surface area (Å²) in [5, 5.41) is 2.29. The van der Waals surface area contributed by atoms with Gasteiger partial charge in [0.2, 0.25) is 0 Å². The number of nitrogens with zero attached hydrogens (tertiary/aromatic N) is 4. The first-order valence-corrected chi connectivity index (χ1v) is 28.5. The van der Waals surface area contributed by atoms with Gasteiger partial charge in [-0.1, -0.05) is 244 Å². The van der Waals surface area contributed by atoms with Crippen LogP contribution in [0.5, 0.6) is 0 Å². The van der Waals surface area contributed by atoms with Crippen LogP contribution in [-0.4, -0.2) is 16.3 Å². The molecule has 82 heavy (non-hydrogen) atoms. The zero-order chi connectivity index (χ0) is 56.3. The molecule has 0 radical (unpaired) electrons. The summed E-state index contributed by atoms with van der Waals surface area (Å²) >= 11 is 0. The predicted octanol–water partition coefficient (Wildman–Crippen LogP) is 16.8. The third-order valence-corrected chi connectivity index (χ3v) is 16.9. The van der Waals surface area contributed by atoms with Crippen molar-refractivity contribution in [2.24, 2.45) is 0 Å². The Labute approximate surface area is 501 Å². The molecule has 4 nitrogen and oxygen atoms in total. The minimum Gasteiger partial charge on any atom is -0.500 e. The molecule has 1 aliphatic rings. The van der Waals surface area contributed by atoms with Crippen molar-refractivity contribution < 1.29 is 21.1 Å². The van der Waals surface area contributed by atoms with Crippen molar-refractivity contribution >= 4 is 56.3 Å². The second-order valence-electron chi connectivity index (χ2n) is 25.1. The fraction of sp³-hybridized carbons (Fsp3) is 0.184. The molecule has 0 saturated carbocycles. The van der Waals surface area contributed by atoms with Gasteiger partial charge in [0, 0.05) is 49.3 Å². The normalized spacial score (nSPS) is 13.0. The van der Waals surface area contributed by atoms with Crippen LogP contribution in [0.15, 0.2) is 237 Å². The Bertz CT molecular complexity index is 4030. The van der Waals surface area contributed by atoms with E-state index in [-0.39, 0.29) is 49.4 Å². The van der Waals surface area contributed by atoms with Crippen LogP contribution >= 0.6 is 0 Å². The van der Waals surface area contributed by atoms with Crippen LogP contribution < -0.4 is 26.2 Å². The van der Waals surface area contributed by atoms with E-state index in [1.54, 1.807) is 0 Å². The Morgan fingerprint density at radius 1 is 0.415 bits per heavy atom. The zero-order valence-electron chi connectivity index (χ0n) is 48.8. The first-order valence-electron chi connectivity index (χ1n) is 28.5. The van der Waals surface area contributed by atoms with Crippen LogP contribution in [-0.2, 0) is 42.7 Å². The van der Waals surface area contributed by atoms with E-state index in [4.69, 9.17) is 4.98 Å². The Kier molecular flexibility index (Phi) is 15.0. The summed E-state index contributed by atoms with van der Waals surface area (Å²) in [6, 6.07) is 88.3. The van der Waals surface area contributed by atoms with Gasteiger partial charge in [-0.15, -0.1) is 29.4 Å². The number of benzene rings is 9. The summed E-state index contributed by atoms with van der Waals surface area (Å²) < 4.78 is 2.32. The van der Waals surface area contributed by atoms with E-state index < -0.39 is 0 Å². The molecule has 0 saturated heterocycles. The van der Waals surface area contributed by atoms with Crippen molar-refractivity contribution in [2.75, 3.05) is 9.80 Å². The number of aromatic nitrogens is 2. The maximum Gasteiger partial charge on any atom is 0.191 e. The molecule has 1 aliphatic heterocycles. The molecule has 0 amide bonds. The van der Waals surface area contributed by atoms with Crippen LogP contribution in [0.3, 0.4) is 0 Å². The fourth-order valence-corrected chi connectivity index (χ4v) is 11.7. The molecule has 0 unspecified atom stereocenters. The molecule has 3 heterocycles. The van der Waals surface area contributed by atoms with Crippen LogP contribution in [0.1, 0.15) is 103 Å². The zero-order valence-corrected chi connectivity index (χ0v) is 51.0. The summed E-state index contributed by atoms with van der Waals surface area (Å²) in [5.41, 5.74) is 19.0. The van der Waals surface area contributed by atoms with Crippen molar-refractivity contribution in [3.63, 3.8) is 0 Å². The summed E-state index contributed by atoms with van der Waals surface area (Å²) in [6.07, 6.45) is 6.32. The Morgan fingerprint density at radius 3 is 1.59 bits per heavy atom. The molecule has 12 rings (SSSR count). The van der Waals surface area contributed by atoms with E-state index in [2.05, 4.69) is 333 Å². The summed E-state index contributed by atoms with van der Waals surface area (Å²) in [5.74, 6) is 0.875. The van der Waals surface area contributed by atoms with E-state index in [1.165, 1.54) is 44.5 Å². The quantitative estimate of drug-likeness (QED) is 0.0900. The van der Waals surface area contributed by atoms with E-state index in [9.17, 15) is 0 Å². The van der Waals surface area contributed by atoms with E-state index in [0.717, 1.165) is 66.5 Å². The number of anilines is 2. The van der Waals surface area contributed by atoms with E-state index in [1.807, 2.05) is 6.20 Å². The molecule has 0 fully saturated rings. The molecular formula is C76H70BN4Pt-3. The predicted molar refractivity (Wildman–Crippen MR) is 344 cm³/mol. The molecule has 9 aromatic carbocycles. The van der Waals surface area contributed by atoms with Crippen LogP contribution in [0.25, 0.3) is 49.9 Å². The Morgan fingerprint density at radius 2 is 0.976 bits per heavy atom. The van der Waals surface area contributed by atoms with Gasteiger partial charge in [-0.3, -0.25) is 0 Å². The molecule has 0 N–H and O–H groups in total. The average molecular weight is 1250 g/mol. The SMILES string of the molecule is CC(C)(C)c1ccc(-c2cc(B(c3[c-]c4c(cc3)c3cc(-c5ccccc5)ccc3n4-c3cc(C(C)(C)C)ccn3)c3ccccc3)[c-]c(N3C=CN(c4cc(C(C)(C)c5ccccc5)cc(C(C)(C)c5ccccc5)c4)[CH-]3)c2)cc1.[Pt]. The van der Waals surface area contributed by atoms with Gasteiger partial charge in [0.05, 0.1) is 0 Å². The number of fused-ring (bicyclic) bond motifs is 3. The first-order chi connectivity index (χ1) is 38.9. The standard InChI is InChI=1S/C76H70BN4.Pt/c1-73(2,3)57-34-31-54(32-35-57)56-43-65(50-66(44-56)79-41-42-80(52-79)67-47-61(75(7,8)58-25-17-12-18-26-58)46-62(48-67)76(9,10)59-27-19-13-20-28-59)77(63-29-21-14-22-30-63)64-36-37-68-69-45-55(53-23-15-11-16-24-53)33-38-70(69)81(71(68)51-64)72-49-60(39-40-78-72)74(4,5)6;/h11-49,52H,1-10H3;/q-3;. The van der Waals surface area contributed by atoms with Crippen LogP contribution in [0.2, 0.25) is 0 Å². The van der Waals surface area contributed by atoms with Crippen molar-refractivity contribution in [3.8, 4) is 28.1 Å². The third-order valence-electron chi connectivity index (χ3n) is 16.9. The Hall–Kier alpha value is -7.98. The molecular weight excluding hydrogens is 1170 g/mol. The van der Waals surface area contributed by atoms with Gasteiger partial charge in [0.15, 0.2) is 6.71 Å². The summed E-state index contributed by atoms with van der Waals surface area (Å²) in [7, 11) is 0. The molecule has 6 heteroatoms. The van der Waals surface area contributed by atoms with Crippen molar-refractivity contribution in [2.45, 2.75) is 90.9 Å². The van der Waals surface area contributed by atoms with Crippen molar-refractivity contribution in [3.05, 3.63) is 289 Å². The van der Waals surface area contributed by atoms with E-state index >= 15 is 0 Å². The van der Waals surface area contributed by atoms with Gasteiger partial charge in [-0.2, -0.15) is 41.3 Å². The van der Waals surface area contributed by atoms with Crippen molar-refractivity contribution in [1.29, 1.82) is 0 Å².